The molecule has 0 aliphatic heterocycles. The largest absolute Gasteiger partial charge is 0.507 e. The first-order valence-electron chi connectivity index (χ1n) is 5.62. The molecule has 0 atom stereocenters. The van der Waals surface area contributed by atoms with Gasteiger partial charge in [0.2, 0.25) is 0 Å². The molecule has 1 aliphatic carbocycles. The van der Waals surface area contributed by atoms with Gasteiger partial charge < -0.3 is 5.11 Å². The van der Waals surface area contributed by atoms with Crippen LogP contribution < -0.4 is 0 Å². The van der Waals surface area contributed by atoms with E-state index in [0.29, 0.717) is 16.7 Å². The van der Waals surface area contributed by atoms with E-state index in [1.807, 2.05) is 0 Å². The van der Waals surface area contributed by atoms with Gasteiger partial charge >= 0.3 is 0 Å². The summed E-state index contributed by atoms with van der Waals surface area (Å²) < 4.78 is 13.5. The second-order valence-corrected chi connectivity index (χ2v) is 5.08. The lowest BCUT2D eigenvalue weighted by molar-refractivity contribution is 0.105. The van der Waals surface area contributed by atoms with Crippen LogP contribution in [0, 0.1) is 5.82 Å². The molecule has 0 radical (unpaired) electrons. The number of hydrogen-bond donors (Lipinski definition) is 1. The Morgan fingerprint density at radius 1 is 1.05 bits per heavy atom. The first-order valence-corrected chi connectivity index (χ1v) is 6.41. The van der Waals surface area contributed by atoms with Crippen molar-refractivity contribution >= 4 is 33.0 Å². The van der Waals surface area contributed by atoms with Gasteiger partial charge in [-0.15, -0.1) is 0 Å². The molecule has 2 nitrogen and oxygen atoms in total. The fourth-order valence-corrected chi connectivity index (χ4v) is 2.56. The molecule has 0 fully saturated rings. The van der Waals surface area contributed by atoms with Crippen LogP contribution in [-0.2, 0) is 0 Å². The van der Waals surface area contributed by atoms with Gasteiger partial charge in [0.15, 0.2) is 5.78 Å². The monoisotopic (exact) mass is 318 g/mol. The summed E-state index contributed by atoms with van der Waals surface area (Å²) in [4.78, 5) is 12.3. The van der Waals surface area contributed by atoms with Crippen molar-refractivity contribution in [1.82, 2.24) is 0 Å². The third-order valence-corrected chi connectivity index (χ3v) is 3.71. The zero-order valence-corrected chi connectivity index (χ0v) is 11.2. The summed E-state index contributed by atoms with van der Waals surface area (Å²) in [6, 6.07) is 11.1. The summed E-state index contributed by atoms with van der Waals surface area (Å²) in [6.07, 6.45) is 0. The molecule has 0 aromatic heterocycles. The molecule has 0 unspecified atom stereocenters. The number of aliphatic hydroxyl groups excluding tert-OH is 1. The van der Waals surface area contributed by atoms with Gasteiger partial charge in [-0.05, 0) is 33.6 Å². The Balaban J connectivity index is 2.19. The highest BCUT2D eigenvalue weighted by molar-refractivity contribution is 9.10. The van der Waals surface area contributed by atoms with Gasteiger partial charge in [-0.1, -0.05) is 30.3 Å². The van der Waals surface area contributed by atoms with Crippen molar-refractivity contribution in [3.63, 3.8) is 0 Å². The van der Waals surface area contributed by atoms with Gasteiger partial charge in [-0.3, -0.25) is 4.79 Å². The van der Waals surface area contributed by atoms with Crippen molar-refractivity contribution in [2.45, 2.75) is 0 Å². The van der Waals surface area contributed by atoms with Gasteiger partial charge in [0, 0.05) is 11.1 Å². The zero-order chi connectivity index (χ0) is 13.6. The van der Waals surface area contributed by atoms with E-state index in [1.165, 1.54) is 18.2 Å². The fraction of sp³-hybridized carbons (Fsp3) is 0. The van der Waals surface area contributed by atoms with Crippen molar-refractivity contribution < 1.29 is 14.3 Å². The number of fused-ring (bicyclic) bond motifs is 1. The summed E-state index contributed by atoms with van der Waals surface area (Å²) >= 11 is 3.08. The summed E-state index contributed by atoms with van der Waals surface area (Å²) in [5.41, 5.74) is 1.69. The Bertz CT molecular complexity index is 735. The molecule has 0 saturated carbocycles. The maximum atomic E-state index is 13.2. The van der Waals surface area contributed by atoms with Crippen LogP contribution in [-0.4, -0.2) is 10.9 Å². The van der Waals surface area contributed by atoms with E-state index in [4.69, 9.17) is 0 Å². The van der Waals surface area contributed by atoms with Crippen molar-refractivity contribution in [2.24, 2.45) is 0 Å². The molecule has 19 heavy (non-hydrogen) atoms. The minimum absolute atomic E-state index is 0.0564. The second-order valence-electron chi connectivity index (χ2n) is 4.23. The fourth-order valence-electron chi connectivity index (χ4n) is 2.18. The Hall–Kier alpha value is -1.94. The summed E-state index contributed by atoms with van der Waals surface area (Å²) in [6.45, 7) is 0. The van der Waals surface area contributed by atoms with Crippen molar-refractivity contribution in [3.05, 3.63) is 69.4 Å². The molecule has 1 N–H and O–H groups in total. The molecule has 1 aliphatic rings. The maximum Gasteiger partial charge on any atom is 0.198 e. The van der Waals surface area contributed by atoms with Crippen LogP contribution in [0.1, 0.15) is 21.5 Å². The molecule has 3 rings (SSSR count). The number of benzene rings is 2. The Morgan fingerprint density at radius 3 is 2.37 bits per heavy atom. The number of rotatable bonds is 1. The molecule has 0 spiro atoms. The van der Waals surface area contributed by atoms with E-state index in [-0.39, 0.29) is 21.6 Å². The average molecular weight is 319 g/mol. The molecule has 0 bridgehead atoms. The van der Waals surface area contributed by atoms with Gasteiger partial charge in [-0.2, -0.15) is 0 Å². The quantitative estimate of drug-likeness (QED) is 0.855. The lowest BCUT2D eigenvalue weighted by Crippen LogP contribution is -1.98. The molecule has 2 aromatic rings. The standard InChI is InChI=1S/C15H8BrFO2/c16-11-7-8(5-6-12(11)17)13-14(18)9-3-1-2-4-10(9)15(13)19/h1-7,18H. The molecule has 0 amide bonds. The number of carbonyl (C=O) groups is 1. The highest BCUT2D eigenvalue weighted by Crippen LogP contribution is 2.37. The highest BCUT2D eigenvalue weighted by Gasteiger charge is 2.30. The van der Waals surface area contributed by atoms with E-state index < -0.39 is 5.82 Å². The molecule has 94 valence electrons. The zero-order valence-electron chi connectivity index (χ0n) is 9.65. The van der Waals surface area contributed by atoms with Crippen LogP contribution >= 0.6 is 15.9 Å². The number of hydrogen-bond acceptors (Lipinski definition) is 2. The topological polar surface area (TPSA) is 37.3 Å². The van der Waals surface area contributed by atoms with Gasteiger partial charge in [0.05, 0.1) is 10.0 Å². The second kappa shape index (κ2) is 4.31. The van der Waals surface area contributed by atoms with E-state index in [9.17, 15) is 14.3 Å². The van der Waals surface area contributed by atoms with E-state index in [0.717, 1.165) is 0 Å². The van der Waals surface area contributed by atoms with Crippen LogP contribution in [0.2, 0.25) is 0 Å². The number of carbonyl (C=O) groups excluding carboxylic acids is 1. The first kappa shape index (κ1) is 12.1. The number of allylic oxidation sites excluding steroid dienone is 1. The van der Waals surface area contributed by atoms with Crippen LogP contribution in [0.4, 0.5) is 4.39 Å². The Labute approximate surface area is 117 Å². The van der Waals surface area contributed by atoms with Crippen LogP contribution in [0.25, 0.3) is 11.3 Å². The van der Waals surface area contributed by atoms with E-state index >= 15 is 0 Å². The maximum absolute atomic E-state index is 13.2. The summed E-state index contributed by atoms with van der Waals surface area (Å²) in [7, 11) is 0. The summed E-state index contributed by atoms with van der Waals surface area (Å²) in [5.74, 6) is -0.711. The molecular formula is C15H8BrFO2. The molecule has 0 heterocycles. The lowest BCUT2D eigenvalue weighted by atomic mass is 10.0. The predicted octanol–water partition coefficient (Wildman–Crippen LogP) is 4.21. The molecule has 2 aromatic carbocycles. The SMILES string of the molecule is O=C1C(c2ccc(F)c(Br)c2)=C(O)c2ccccc21. The normalized spacial score (nSPS) is 13.9. The number of ketones is 1. The Kier molecular flexibility index (Phi) is 2.75. The summed E-state index contributed by atoms with van der Waals surface area (Å²) in [5, 5.41) is 10.2. The van der Waals surface area contributed by atoms with Crippen molar-refractivity contribution in [2.75, 3.05) is 0 Å². The Morgan fingerprint density at radius 2 is 1.74 bits per heavy atom. The minimum atomic E-state index is -0.410. The third-order valence-electron chi connectivity index (χ3n) is 3.10. The predicted molar refractivity (Wildman–Crippen MR) is 74.3 cm³/mol. The third kappa shape index (κ3) is 1.79. The molecule has 0 saturated heterocycles. The van der Waals surface area contributed by atoms with E-state index in [2.05, 4.69) is 15.9 Å². The first-order chi connectivity index (χ1) is 9.09. The van der Waals surface area contributed by atoms with Crippen LogP contribution in [0.15, 0.2) is 46.9 Å². The number of aliphatic hydroxyl groups is 1. The number of Topliss-reactive ketones (excluding diaryl/α,β-unsaturated/α-hetero) is 1. The smallest absolute Gasteiger partial charge is 0.198 e. The lowest BCUT2D eigenvalue weighted by Gasteiger charge is -2.03. The van der Waals surface area contributed by atoms with Crippen LogP contribution in [0.5, 0.6) is 0 Å². The van der Waals surface area contributed by atoms with Crippen molar-refractivity contribution in [3.8, 4) is 0 Å². The van der Waals surface area contributed by atoms with Gasteiger partial charge in [-0.25, -0.2) is 4.39 Å². The molecule has 4 heteroatoms. The average Bonchev–Trinajstić information content (AvgIpc) is 2.66. The van der Waals surface area contributed by atoms with Crippen molar-refractivity contribution in [1.29, 1.82) is 0 Å². The highest BCUT2D eigenvalue weighted by atomic mass is 79.9. The van der Waals surface area contributed by atoms with Crippen LogP contribution in [0.3, 0.4) is 0 Å². The molecular weight excluding hydrogens is 311 g/mol. The van der Waals surface area contributed by atoms with E-state index in [1.54, 1.807) is 24.3 Å². The minimum Gasteiger partial charge on any atom is -0.507 e. The van der Waals surface area contributed by atoms with Gasteiger partial charge in [0.1, 0.15) is 11.6 Å². The number of halogens is 2. The van der Waals surface area contributed by atoms with Gasteiger partial charge in [0.25, 0.3) is 0 Å².